The van der Waals surface area contributed by atoms with Crippen molar-refractivity contribution in [1.82, 2.24) is 15.3 Å². The van der Waals surface area contributed by atoms with Gasteiger partial charge in [0.1, 0.15) is 17.5 Å². The van der Waals surface area contributed by atoms with Gasteiger partial charge < -0.3 is 10.4 Å². The molecule has 0 aliphatic rings. The van der Waals surface area contributed by atoms with Crippen molar-refractivity contribution >= 4 is 28.9 Å². The summed E-state index contributed by atoms with van der Waals surface area (Å²) in [6, 6.07) is 13.3. The minimum absolute atomic E-state index is 0.00370. The standard InChI is InChI=1S/C20H14ClN5O2/c1-23-20(28)16-9-12(5-7-24-16)18-19(27)15(6-8-25-18)17(11-22)26-14-4-2-3-13(21)10-14/h2-10,27H,1H3,(H,23,28). The Hall–Kier alpha value is -3.76. The molecule has 2 N–H and O–H groups in total. The maximum absolute atomic E-state index is 11.8. The Labute approximate surface area is 166 Å². The highest BCUT2D eigenvalue weighted by Gasteiger charge is 2.16. The van der Waals surface area contributed by atoms with Crippen molar-refractivity contribution in [3.8, 4) is 23.1 Å². The zero-order valence-corrected chi connectivity index (χ0v) is 15.5. The van der Waals surface area contributed by atoms with Crippen LogP contribution in [0, 0.1) is 11.3 Å². The molecule has 0 spiro atoms. The van der Waals surface area contributed by atoms with E-state index in [9.17, 15) is 15.2 Å². The summed E-state index contributed by atoms with van der Waals surface area (Å²) in [5.74, 6) is -0.586. The van der Waals surface area contributed by atoms with Gasteiger partial charge in [-0.25, -0.2) is 4.99 Å². The average molecular weight is 392 g/mol. The minimum Gasteiger partial charge on any atom is -0.505 e. The van der Waals surface area contributed by atoms with Crippen LogP contribution in [0.5, 0.6) is 5.75 Å². The fourth-order valence-corrected chi connectivity index (χ4v) is 2.69. The van der Waals surface area contributed by atoms with E-state index in [1.807, 2.05) is 6.07 Å². The molecule has 0 fully saturated rings. The fourth-order valence-electron chi connectivity index (χ4n) is 2.51. The Kier molecular flexibility index (Phi) is 5.63. The molecular weight excluding hydrogens is 378 g/mol. The van der Waals surface area contributed by atoms with E-state index in [0.29, 0.717) is 16.3 Å². The molecule has 138 valence electrons. The van der Waals surface area contributed by atoms with Crippen LogP contribution in [-0.2, 0) is 0 Å². The second-order valence-corrected chi connectivity index (χ2v) is 6.05. The Morgan fingerprint density at radius 3 is 2.71 bits per heavy atom. The number of amides is 1. The third kappa shape index (κ3) is 3.98. The molecule has 0 saturated carbocycles. The van der Waals surface area contributed by atoms with Gasteiger partial charge in [0.25, 0.3) is 5.91 Å². The number of nitriles is 1. The van der Waals surface area contributed by atoms with Gasteiger partial charge in [-0.05, 0) is 36.4 Å². The number of halogens is 1. The molecule has 0 atom stereocenters. The highest BCUT2D eigenvalue weighted by Crippen LogP contribution is 2.31. The van der Waals surface area contributed by atoms with Crippen molar-refractivity contribution in [3.05, 3.63) is 71.1 Å². The summed E-state index contributed by atoms with van der Waals surface area (Å²) < 4.78 is 0. The lowest BCUT2D eigenvalue weighted by Crippen LogP contribution is -2.19. The fraction of sp³-hybridized carbons (Fsp3) is 0.0500. The van der Waals surface area contributed by atoms with Crippen LogP contribution < -0.4 is 5.32 Å². The first kappa shape index (κ1) is 19.0. The SMILES string of the molecule is CNC(=O)c1cc(-c2nccc(C(C#N)=Nc3cccc(Cl)c3)c2O)ccn1. The molecule has 8 heteroatoms. The van der Waals surface area contributed by atoms with Gasteiger partial charge in [-0.1, -0.05) is 17.7 Å². The number of hydrogen-bond acceptors (Lipinski definition) is 6. The molecule has 2 heterocycles. The molecule has 0 aliphatic heterocycles. The Morgan fingerprint density at radius 1 is 1.21 bits per heavy atom. The van der Waals surface area contributed by atoms with Crippen LogP contribution >= 0.6 is 11.6 Å². The van der Waals surface area contributed by atoms with E-state index < -0.39 is 0 Å². The molecule has 0 radical (unpaired) electrons. The van der Waals surface area contributed by atoms with E-state index in [4.69, 9.17) is 11.6 Å². The Balaban J connectivity index is 2.08. The zero-order chi connectivity index (χ0) is 20.1. The van der Waals surface area contributed by atoms with Crippen LogP contribution in [0.2, 0.25) is 5.02 Å². The molecule has 7 nitrogen and oxygen atoms in total. The summed E-state index contributed by atoms with van der Waals surface area (Å²) in [4.78, 5) is 24.2. The van der Waals surface area contributed by atoms with Gasteiger partial charge in [0.05, 0.1) is 11.3 Å². The summed E-state index contributed by atoms with van der Waals surface area (Å²) in [7, 11) is 1.50. The number of aliphatic imine (C=N–C) groups is 1. The number of carbonyl (C=O) groups is 1. The van der Waals surface area contributed by atoms with Crippen molar-refractivity contribution in [1.29, 1.82) is 5.26 Å². The van der Waals surface area contributed by atoms with Gasteiger partial charge in [-0.3, -0.25) is 14.8 Å². The summed E-state index contributed by atoms with van der Waals surface area (Å²) in [6.45, 7) is 0. The van der Waals surface area contributed by atoms with Gasteiger partial charge in [-0.2, -0.15) is 5.26 Å². The molecule has 1 amide bonds. The first-order valence-corrected chi connectivity index (χ1v) is 8.52. The predicted molar refractivity (Wildman–Crippen MR) is 106 cm³/mol. The molecule has 28 heavy (non-hydrogen) atoms. The minimum atomic E-state index is -0.363. The number of nitrogens with zero attached hydrogens (tertiary/aromatic N) is 4. The molecule has 1 aromatic carbocycles. The van der Waals surface area contributed by atoms with Crippen molar-refractivity contribution < 1.29 is 9.90 Å². The van der Waals surface area contributed by atoms with Crippen molar-refractivity contribution in [3.63, 3.8) is 0 Å². The molecule has 2 aromatic heterocycles. The summed E-state index contributed by atoms with van der Waals surface area (Å²) in [5.41, 5.74) is 1.56. The predicted octanol–water partition coefficient (Wildman–Crippen LogP) is 3.51. The molecule has 3 rings (SSSR count). The van der Waals surface area contributed by atoms with E-state index in [0.717, 1.165) is 0 Å². The van der Waals surface area contributed by atoms with Crippen LogP contribution in [0.1, 0.15) is 16.1 Å². The van der Waals surface area contributed by atoms with Crippen molar-refractivity contribution in [2.24, 2.45) is 4.99 Å². The molecule has 0 unspecified atom stereocenters. The van der Waals surface area contributed by atoms with Gasteiger partial charge >= 0.3 is 0 Å². The number of aromatic hydroxyl groups is 1. The van der Waals surface area contributed by atoms with Gasteiger partial charge in [0.2, 0.25) is 0 Å². The largest absolute Gasteiger partial charge is 0.505 e. The second kappa shape index (κ2) is 8.29. The summed E-state index contributed by atoms with van der Waals surface area (Å²) in [6.07, 6.45) is 2.90. The van der Waals surface area contributed by atoms with Crippen LogP contribution in [0.25, 0.3) is 11.3 Å². The highest BCUT2D eigenvalue weighted by atomic mass is 35.5. The second-order valence-electron chi connectivity index (χ2n) is 5.62. The molecule has 0 aliphatic carbocycles. The van der Waals surface area contributed by atoms with E-state index in [1.54, 1.807) is 30.3 Å². The lowest BCUT2D eigenvalue weighted by molar-refractivity contribution is 0.0958. The monoisotopic (exact) mass is 391 g/mol. The van der Waals surface area contributed by atoms with Gasteiger partial charge in [0.15, 0.2) is 11.5 Å². The number of nitrogens with one attached hydrogen (secondary N) is 1. The van der Waals surface area contributed by atoms with Crippen molar-refractivity contribution in [2.75, 3.05) is 7.05 Å². The lowest BCUT2D eigenvalue weighted by Gasteiger charge is -2.09. The number of carbonyl (C=O) groups excluding carboxylic acids is 1. The first-order chi connectivity index (χ1) is 13.5. The highest BCUT2D eigenvalue weighted by molar-refractivity contribution is 6.30. The summed E-state index contributed by atoms with van der Waals surface area (Å²) in [5, 5.41) is 23.2. The van der Waals surface area contributed by atoms with Crippen molar-refractivity contribution in [2.45, 2.75) is 0 Å². The molecule has 3 aromatic rings. The zero-order valence-electron chi connectivity index (χ0n) is 14.7. The number of rotatable bonds is 4. The lowest BCUT2D eigenvalue weighted by atomic mass is 10.0. The van der Waals surface area contributed by atoms with Gasteiger partial charge in [0, 0.05) is 30.0 Å². The third-order valence-corrected chi connectivity index (χ3v) is 4.06. The van der Waals surface area contributed by atoms with E-state index >= 15 is 0 Å². The third-order valence-electron chi connectivity index (χ3n) is 3.83. The van der Waals surface area contributed by atoms with Crippen LogP contribution in [0.4, 0.5) is 5.69 Å². The Bertz CT molecular complexity index is 1120. The normalized spacial score (nSPS) is 11.0. The maximum Gasteiger partial charge on any atom is 0.269 e. The van der Waals surface area contributed by atoms with Crippen LogP contribution in [-0.4, -0.2) is 33.7 Å². The number of hydrogen-bond donors (Lipinski definition) is 2. The topological polar surface area (TPSA) is 111 Å². The van der Waals surface area contributed by atoms with E-state index in [-0.39, 0.29) is 34.3 Å². The first-order valence-electron chi connectivity index (χ1n) is 8.14. The van der Waals surface area contributed by atoms with Crippen LogP contribution in [0.3, 0.4) is 0 Å². The molecular formula is C20H14ClN5O2. The smallest absolute Gasteiger partial charge is 0.269 e. The summed E-state index contributed by atoms with van der Waals surface area (Å²) >= 11 is 5.96. The van der Waals surface area contributed by atoms with E-state index in [2.05, 4.69) is 20.3 Å². The molecule has 0 bridgehead atoms. The number of benzene rings is 1. The van der Waals surface area contributed by atoms with E-state index in [1.165, 1.54) is 31.6 Å². The van der Waals surface area contributed by atoms with Crippen LogP contribution in [0.15, 0.2) is 59.9 Å². The Morgan fingerprint density at radius 2 is 2.00 bits per heavy atom. The maximum atomic E-state index is 11.8. The number of aromatic nitrogens is 2. The number of pyridine rings is 2. The quantitative estimate of drug-likeness (QED) is 0.661. The van der Waals surface area contributed by atoms with Gasteiger partial charge in [-0.15, -0.1) is 0 Å². The average Bonchev–Trinajstić information content (AvgIpc) is 2.72. The molecule has 0 saturated heterocycles.